The number of ether oxygens (including phenoxy) is 1. The number of anilines is 1. The van der Waals surface area contributed by atoms with Crippen LogP contribution in [0.15, 0.2) is 23.6 Å². The van der Waals surface area contributed by atoms with Crippen LogP contribution in [0.5, 0.6) is 11.5 Å². The first-order chi connectivity index (χ1) is 11.1. The number of nitrogens with one attached hydrogen (secondary N) is 1. The maximum Gasteiger partial charge on any atom is 0.180 e. The number of nitrogens with zero attached hydrogens (tertiary/aromatic N) is 2. The number of halogens is 1. The Labute approximate surface area is 162 Å². The van der Waals surface area contributed by atoms with Crippen LogP contribution in [0.25, 0.3) is 22.3 Å². The molecule has 3 rings (SSSR count). The van der Waals surface area contributed by atoms with Gasteiger partial charge in [0.1, 0.15) is 28.8 Å². The summed E-state index contributed by atoms with van der Waals surface area (Å²) < 4.78 is 5.63. The van der Waals surface area contributed by atoms with E-state index >= 15 is 0 Å². The van der Waals surface area contributed by atoms with E-state index in [9.17, 15) is 5.11 Å². The van der Waals surface area contributed by atoms with E-state index in [2.05, 4.69) is 15.3 Å². The Balaban J connectivity index is 0.00000208. The molecule has 0 saturated heterocycles. The van der Waals surface area contributed by atoms with Crippen LogP contribution < -0.4 is 15.8 Å². The van der Waals surface area contributed by atoms with Gasteiger partial charge in [0, 0.05) is 44.4 Å². The zero-order valence-electron chi connectivity index (χ0n) is 12.7. The molecule has 0 spiro atoms. The van der Waals surface area contributed by atoms with Crippen LogP contribution in [0.1, 0.15) is 0 Å². The molecule has 0 fully saturated rings. The van der Waals surface area contributed by atoms with Crippen LogP contribution in [0.3, 0.4) is 0 Å². The fraction of sp³-hybridized carbons (Fsp3) is 0.200. The van der Waals surface area contributed by atoms with Gasteiger partial charge in [0.25, 0.3) is 0 Å². The fourth-order valence-corrected chi connectivity index (χ4v) is 2.95. The number of pyridine rings is 1. The third-order valence-electron chi connectivity index (χ3n) is 3.26. The molecule has 3 aromatic rings. The minimum atomic E-state index is 0. The summed E-state index contributed by atoms with van der Waals surface area (Å²) in [5.74, 6) is 0.608. The van der Waals surface area contributed by atoms with Gasteiger partial charge >= 0.3 is 0 Å². The van der Waals surface area contributed by atoms with E-state index in [1.165, 1.54) is 11.3 Å². The number of nitrogens with two attached hydrogens (primary N) is 1. The molecule has 0 aliphatic carbocycles. The summed E-state index contributed by atoms with van der Waals surface area (Å²) in [6.45, 7) is 1.18. The zero-order valence-corrected chi connectivity index (χ0v) is 17.3. The molecule has 126 valence electrons. The average Bonchev–Trinajstić information content (AvgIpc) is 2.96. The molecular formula is C15H15ClN4O2SW. The molecule has 24 heavy (non-hydrogen) atoms. The Morgan fingerprint density at radius 3 is 2.79 bits per heavy atom. The maximum atomic E-state index is 10.2. The Hall–Kier alpha value is -1.40. The molecule has 2 heterocycles. The van der Waals surface area contributed by atoms with Crippen LogP contribution in [-0.4, -0.2) is 35.3 Å². The minimum Gasteiger partial charge on any atom is -0.507 e. The first-order valence-electron chi connectivity index (χ1n) is 6.91. The molecule has 2 aromatic heterocycles. The fourth-order valence-electron chi connectivity index (χ4n) is 2.13. The molecule has 0 aliphatic rings. The van der Waals surface area contributed by atoms with Crippen molar-refractivity contribution >= 4 is 39.0 Å². The third-order valence-corrected chi connectivity index (χ3v) is 4.30. The van der Waals surface area contributed by atoms with Crippen molar-refractivity contribution in [2.45, 2.75) is 0 Å². The second-order valence-electron chi connectivity index (χ2n) is 4.82. The van der Waals surface area contributed by atoms with Crippen LogP contribution in [0.2, 0.25) is 5.02 Å². The van der Waals surface area contributed by atoms with Gasteiger partial charge in [-0.15, -0.1) is 11.3 Å². The molecule has 0 unspecified atom stereocenters. The number of benzene rings is 1. The molecule has 0 saturated carbocycles. The zero-order chi connectivity index (χ0) is 16.4. The number of aromatic hydroxyl groups is 1. The molecular weight excluding hydrogens is 520 g/mol. The maximum absolute atomic E-state index is 10.2. The number of likely N-dealkylation sites (N-methyl/N-ethyl adjacent to an activating group) is 1. The van der Waals surface area contributed by atoms with Crippen molar-refractivity contribution in [3.05, 3.63) is 28.6 Å². The van der Waals surface area contributed by atoms with Gasteiger partial charge < -0.3 is 20.9 Å². The second kappa shape index (κ2) is 8.12. The Kier molecular flexibility index (Phi) is 6.40. The first kappa shape index (κ1) is 18.9. The number of aromatic nitrogens is 2. The van der Waals surface area contributed by atoms with Crippen LogP contribution in [0.4, 0.5) is 5.13 Å². The molecule has 4 N–H and O–H groups in total. The molecule has 0 bridgehead atoms. The van der Waals surface area contributed by atoms with Crippen molar-refractivity contribution in [3.63, 3.8) is 0 Å². The van der Waals surface area contributed by atoms with E-state index in [-0.39, 0.29) is 26.8 Å². The standard InChI is InChI=1S/C15H15ClN4O2S.W/c1-18-4-5-22-12-3-2-8-11(21)6-9(19-14(8)13(12)16)10-7-23-15(17)20-10;/h2-3,6-7,18H,4-5H2,1H3,(H2,17,20)(H,19,21);. The minimum absolute atomic E-state index is 0. The summed E-state index contributed by atoms with van der Waals surface area (Å²) in [6.07, 6.45) is 0. The molecule has 0 radical (unpaired) electrons. The SMILES string of the molecule is CNCCOc1ccc2c(O)cc(-c3csc(N)n3)nc2c1Cl.[W]. The molecule has 0 aliphatic heterocycles. The van der Waals surface area contributed by atoms with E-state index in [0.29, 0.717) is 51.3 Å². The number of fused-ring (bicyclic) bond motifs is 1. The number of rotatable bonds is 5. The van der Waals surface area contributed by atoms with Crippen molar-refractivity contribution < 1.29 is 30.9 Å². The monoisotopic (exact) mass is 534 g/mol. The predicted molar refractivity (Wildman–Crippen MR) is 93.4 cm³/mol. The average molecular weight is 535 g/mol. The van der Waals surface area contributed by atoms with E-state index < -0.39 is 0 Å². The molecule has 6 nitrogen and oxygen atoms in total. The Morgan fingerprint density at radius 2 is 2.12 bits per heavy atom. The van der Waals surface area contributed by atoms with Gasteiger partial charge in [0.05, 0.1) is 11.2 Å². The van der Waals surface area contributed by atoms with E-state index in [1.54, 1.807) is 23.6 Å². The van der Waals surface area contributed by atoms with Crippen LogP contribution in [-0.2, 0) is 21.1 Å². The van der Waals surface area contributed by atoms with Crippen LogP contribution >= 0.6 is 22.9 Å². The number of hydrogen-bond donors (Lipinski definition) is 3. The topological polar surface area (TPSA) is 93.3 Å². The van der Waals surface area contributed by atoms with Gasteiger partial charge in [0.2, 0.25) is 0 Å². The normalized spacial score (nSPS) is 10.6. The molecule has 0 atom stereocenters. The van der Waals surface area contributed by atoms with Crippen molar-refractivity contribution in [2.24, 2.45) is 0 Å². The summed E-state index contributed by atoms with van der Waals surface area (Å²) >= 11 is 7.71. The van der Waals surface area contributed by atoms with E-state index in [4.69, 9.17) is 22.1 Å². The van der Waals surface area contributed by atoms with Crippen molar-refractivity contribution in [1.29, 1.82) is 0 Å². The first-order valence-corrected chi connectivity index (χ1v) is 8.17. The van der Waals surface area contributed by atoms with Gasteiger partial charge in [-0.05, 0) is 19.2 Å². The number of nitrogen functional groups attached to an aromatic ring is 1. The third kappa shape index (κ3) is 3.81. The Bertz CT molecular complexity index is 859. The Morgan fingerprint density at radius 1 is 1.33 bits per heavy atom. The summed E-state index contributed by atoms with van der Waals surface area (Å²) in [6, 6.07) is 5.01. The van der Waals surface area contributed by atoms with Crippen molar-refractivity contribution in [2.75, 3.05) is 25.9 Å². The molecule has 0 amide bonds. The second-order valence-corrected chi connectivity index (χ2v) is 6.09. The van der Waals surface area contributed by atoms with Crippen LogP contribution in [0, 0.1) is 0 Å². The van der Waals surface area contributed by atoms with Gasteiger partial charge in [0.15, 0.2) is 5.13 Å². The van der Waals surface area contributed by atoms with E-state index in [0.717, 1.165) is 0 Å². The number of hydrogen-bond acceptors (Lipinski definition) is 7. The smallest absolute Gasteiger partial charge is 0.180 e. The number of thiazole rings is 1. The molecule has 9 heteroatoms. The summed E-state index contributed by atoms with van der Waals surface area (Å²) in [5, 5.41) is 16.4. The van der Waals surface area contributed by atoms with Gasteiger partial charge in [-0.2, -0.15) is 0 Å². The van der Waals surface area contributed by atoms with Gasteiger partial charge in [-0.3, -0.25) is 0 Å². The molecule has 1 aromatic carbocycles. The summed E-state index contributed by atoms with van der Waals surface area (Å²) in [5.41, 5.74) is 7.23. The van der Waals surface area contributed by atoms with Crippen molar-refractivity contribution in [3.8, 4) is 22.9 Å². The quantitative estimate of drug-likeness (QED) is 0.436. The van der Waals surface area contributed by atoms with Gasteiger partial charge in [-0.1, -0.05) is 11.6 Å². The largest absolute Gasteiger partial charge is 0.507 e. The van der Waals surface area contributed by atoms with Crippen molar-refractivity contribution in [1.82, 2.24) is 15.3 Å². The summed E-state index contributed by atoms with van der Waals surface area (Å²) in [4.78, 5) is 8.69. The van der Waals surface area contributed by atoms with E-state index in [1.807, 2.05) is 7.05 Å². The predicted octanol–water partition coefficient (Wildman–Crippen LogP) is 2.90. The van der Waals surface area contributed by atoms with Gasteiger partial charge in [-0.25, -0.2) is 9.97 Å². The summed E-state index contributed by atoms with van der Waals surface area (Å²) in [7, 11) is 1.84.